The zero-order valence-electron chi connectivity index (χ0n) is 13.0. The van der Waals surface area contributed by atoms with E-state index in [1.54, 1.807) is 24.3 Å². The van der Waals surface area contributed by atoms with Gasteiger partial charge in [0.15, 0.2) is 0 Å². The summed E-state index contributed by atoms with van der Waals surface area (Å²) in [4.78, 5) is 14.0. The molecule has 0 aliphatic carbocycles. The van der Waals surface area contributed by atoms with Crippen molar-refractivity contribution in [3.8, 4) is 0 Å². The van der Waals surface area contributed by atoms with Gasteiger partial charge in [0, 0.05) is 22.2 Å². The van der Waals surface area contributed by atoms with Crippen molar-refractivity contribution in [2.45, 2.75) is 12.8 Å². The molecule has 1 N–H and O–H groups in total. The molecule has 1 fully saturated rings. The smallest absolute Gasteiger partial charge is 0.271 e. The van der Waals surface area contributed by atoms with Crippen molar-refractivity contribution in [3.63, 3.8) is 0 Å². The minimum atomic E-state index is -0.293. The maximum atomic E-state index is 14.2. The highest BCUT2D eigenvalue weighted by molar-refractivity contribution is 14.1. The highest BCUT2D eigenvalue weighted by Crippen LogP contribution is 2.23. The molecule has 2 aromatic carbocycles. The first-order valence-electron chi connectivity index (χ1n) is 7.77. The third kappa shape index (κ3) is 4.11. The zero-order valence-corrected chi connectivity index (χ0v) is 15.2. The summed E-state index contributed by atoms with van der Waals surface area (Å²) in [5.74, 6) is -0.552. The first-order chi connectivity index (χ1) is 11.6. The number of amides is 1. The summed E-state index contributed by atoms with van der Waals surface area (Å²) >= 11 is 2.14. The molecule has 124 valence electrons. The van der Waals surface area contributed by atoms with Crippen LogP contribution in [-0.4, -0.2) is 25.2 Å². The van der Waals surface area contributed by atoms with Crippen molar-refractivity contribution in [3.05, 3.63) is 63.0 Å². The second kappa shape index (κ2) is 7.74. The first kappa shape index (κ1) is 16.9. The molecule has 4 nitrogen and oxygen atoms in total. The van der Waals surface area contributed by atoms with Crippen molar-refractivity contribution in [2.24, 2.45) is 5.10 Å². The van der Waals surface area contributed by atoms with Crippen LogP contribution in [0.25, 0.3) is 0 Å². The van der Waals surface area contributed by atoms with Gasteiger partial charge < -0.3 is 4.90 Å². The standard InChI is InChI=1S/C18H17FIN3O/c19-16-10-13(6-7-17(16)23-8-1-2-9-23)12-21-22-18(24)14-4-3-5-15(20)11-14/h3-7,10-12H,1-2,8-9H2,(H,22,24)/b21-12-. The Morgan fingerprint density at radius 3 is 2.71 bits per heavy atom. The van der Waals surface area contributed by atoms with E-state index < -0.39 is 0 Å². The second-order valence-electron chi connectivity index (χ2n) is 5.61. The molecule has 0 unspecified atom stereocenters. The molecule has 0 spiro atoms. The van der Waals surface area contributed by atoms with Gasteiger partial charge in [-0.2, -0.15) is 5.10 Å². The summed E-state index contributed by atoms with van der Waals surface area (Å²) in [5.41, 5.74) is 4.24. The Labute approximate surface area is 153 Å². The van der Waals surface area contributed by atoms with E-state index in [1.165, 1.54) is 12.3 Å². The van der Waals surface area contributed by atoms with Crippen molar-refractivity contribution < 1.29 is 9.18 Å². The Morgan fingerprint density at radius 1 is 1.21 bits per heavy atom. The molecular weight excluding hydrogens is 420 g/mol. The summed E-state index contributed by atoms with van der Waals surface area (Å²) in [5, 5.41) is 3.91. The van der Waals surface area contributed by atoms with Crippen LogP contribution < -0.4 is 10.3 Å². The molecule has 0 bridgehead atoms. The third-order valence-corrected chi connectivity index (χ3v) is 4.56. The second-order valence-corrected chi connectivity index (χ2v) is 6.86. The summed E-state index contributed by atoms with van der Waals surface area (Å²) in [6.45, 7) is 1.80. The minimum absolute atomic E-state index is 0.259. The van der Waals surface area contributed by atoms with Crippen LogP contribution in [0.4, 0.5) is 10.1 Å². The topological polar surface area (TPSA) is 44.7 Å². The number of rotatable bonds is 4. The van der Waals surface area contributed by atoms with Crippen molar-refractivity contribution in [2.75, 3.05) is 18.0 Å². The maximum Gasteiger partial charge on any atom is 0.271 e. The molecule has 0 aromatic heterocycles. The lowest BCUT2D eigenvalue weighted by molar-refractivity contribution is 0.0955. The summed E-state index contributed by atoms with van der Waals surface area (Å²) < 4.78 is 15.2. The van der Waals surface area contributed by atoms with Gasteiger partial charge in [-0.15, -0.1) is 0 Å². The van der Waals surface area contributed by atoms with Crippen LogP contribution in [0.3, 0.4) is 0 Å². The van der Waals surface area contributed by atoms with Gasteiger partial charge in [-0.25, -0.2) is 9.82 Å². The number of carbonyl (C=O) groups is 1. The van der Waals surface area contributed by atoms with E-state index in [0.717, 1.165) is 29.5 Å². The van der Waals surface area contributed by atoms with Crippen LogP contribution in [0.2, 0.25) is 0 Å². The predicted molar refractivity (Wildman–Crippen MR) is 102 cm³/mol. The lowest BCUT2D eigenvalue weighted by atomic mass is 10.2. The summed E-state index contributed by atoms with van der Waals surface area (Å²) in [6, 6.07) is 12.2. The molecular formula is C18H17FIN3O. The molecule has 0 radical (unpaired) electrons. The number of hydrogen-bond donors (Lipinski definition) is 1. The van der Waals surface area contributed by atoms with E-state index in [-0.39, 0.29) is 11.7 Å². The zero-order chi connectivity index (χ0) is 16.9. The van der Waals surface area contributed by atoms with E-state index in [2.05, 4.69) is 38.0 Å². The van der Waals surface area contributed by atoms with E-state index in [0.29, 0.717) is 16.8 Å². The molecule has 6 heteroatoms. The van der Waals surface area contributed by atoms with Crippen LogP contribution in [0.5, 0.6) is 0 Å². The average Bonchev–Trinajstić information content (AvgIpc) is 3.09. The molecule has 24 heavy (non-hydrogen) atoms. The number of hydrazone groups is 1. The Bertz CT molecular complexity index is 773. The van der Waals surface area contributed by atoms with E-state index in [9.17, 15) is 9.18 Å². The molecule has 1 amide bonds. The molecule has 1 aliphatic rings. The van der Waals surface area contributed by atoms with E-state index >= 15 is 0 Å². The Morgan fingerprint density at radius 2 is 2.00 bits per heavy atom. The molecule has 2 aromatic rings. The monoisotopic (exact) mass is 437 g/mol. The summed E-state index contributed by atoms with van der Waals surface area (Å²) in [6.07, 6.45) is 3.66. The van der Waals surface area contributed by atoms with E-state index in [4.69, 9.17) is 0 Å². The number of anilines is 1. The van der Waals surface area contributed by atoms with Gasteiger partial charge in [-0.3, -0.25) is 4.79 Å². The fraction of sp³-hybridized carbons (Fsp3) is 0.222. The molecule has 1 saturated heterocycles. The number of benzene rings is 2. The molecule has 0 saturated carbocycles. The van der Waals surface area contributed by atoms with Crippen molar-refractivity contribution in [1.29, 1.82) is 0 Å². The normalized spacial score (nSPS) is 14.3. The van der Waals surface area contributed by atoms with Gasteiger partial charge >= 0.3 is 0 Å². The van der Waals surface area contributed by atoms with Gasteiger partial charge in [0.05, 0.1) is 11.9 Å². The first-order valence-corrected chi connectivity index (χ1v) is 8.85. The maximum absolute atomic E-state index is 14.2. The Balaban J connectivity index is 1.64. The van der Waals surface area contributed by atoms with Crippen LogP contribution >= 0.6 is 22.6 Å². The number of carbonyl (C=O) groups excluding carboxylic acids is 1. The predicted octanol–water partition coefficient (Wildman–Crippen LogP) is 3.79. The Hall–Kier alpha value is -1.96. The number of nitrogens with one attached hydrogen (secondary N) is 1. The number of nitrogens with zero attached hydrogens (tertiary/aromatic N) is 2. The van der Waals surface area contributed by atoms with Gasteiger partial charge in [0.1, 0.15) is 5.82 Å². The lowest BCUT2D eigenvalue weighted by Crippen LogP contribution is -2.19. The van der Waals surface area contributed by atoms with Gasteiger partial charge in [-0.05, 0) is 71.3 Å². The number of halogens is 2. The number of hydrogen-bond acceptors (Lipinski definition) is 3. The van der Waals surface area contributed by atoms with Crippen LogP contribution in [0.15, 0.2) is 47.6 Å². The van der Waals surface area contributed by atoms with Crippen LogP contribution in [0, 0.1) is 9.39 Å². The fourth-order valence-corrected chi connectivity index (χ4v) is 3.22. The molecule has 3 rings (SSSR count). The lowest BCUT2D eigenvalue weighted by Gasteiger charge is -2.18. The van der Waals surface area contributed by atoms with Gasteiger partial charge in [0.25, 0.3) is 5.91 Å². The van der Waals surface area contributed by atoms with E-state index in [1.807, 2.05) is 12.1 Å². The summed E-state index contributed by atoms with van der Waals surface area (Å²) in [7, 11) is 0. The third-order valence-electron chi connectivity index (χ3n) is 3.89. The molecule has 1 heterocycles. The fourth-order valence-electron chi connectivity index (χ4n) is 2.68. The molecule has 0 atom stereocenters. The van der Waals surface area contributed by atoms with Crippen molar-refractivity contribution >= 4 is 40.4 Å². The average molecular weight is 437 g/mol. The van der Waals surface area contributed by atoms with Crippen molar-refractivity contribution in [1.82, 2.24) is 5.43 Å². The Kier molecular flexibility index (Phi) is 5.44. The quantitative estimate of drug-likeness (QED) is 0.450. The highest BCUT2D eigenvalue weighted by atomic mass is 127. The van der Waals surface area contributed by atoms with Crippen LogP contribution in [0.1, 0.15) is 28.8 Å². The minimum Gasteiger partial charge on any atom is -0.369 e. The largest absolute Gasteiger partial charge is 0.369 e. The van der Waals surface area contributed by atoms with Crippen LogP contribution in [-0.2, 0) is 0 Å². The van der Waals surface area contributed by atoms with Gasteiger partial charge in [-0.1, -0.05) is 12.1 Å². The highest BCUT2D eigenvalue weighted by Gasteiger charge is 2.15. The SMILES string of the molecule is O=C(N/N=C\c1ccc(N2CCCC2)c(F)c1)c1cccc(I)c1. The van der Waals surface area contributed by atoms with Gasteiger partial charge in [0.2, 0.25) is 0 Å². The molecule has 1 aliphatic heterocycles.